The molecule has 156 valence electrons. The van der Waals surface area contributed by atoms with Crippen LogP contribution < -0.4 is 5.32 Å². The van der Waals surface area contributed by atoms with Gasteiger partial charge in [-0.25, -0.2) is 9.38 Å². The minimum atomic E-state index is -0.196. The van der Waals surface area contributed by atoms with E-state index in [1.807, 2.05) is 12.1 Å². The van der Waals surface area contributed by atoms with Gasteiger partial charge in [-0.1, -0.05) is 66.2 Å². The number of halogens is 1. The normalized spacial score (nSPS) is 19.7. The summed E-state index contributed by atoms with van der Waals surface area (Å²) in [7, 11) is 0. The van der Waals surface area contributed by atoms with E-state index in [0.29, 0.717) is 0 Å². The molecule has 0 spiro atoms. The fraction of sp³-hybridized carbons (Fsp3) is 0.259. The number of fused-ring (bicyclic) bond motifs is 3. The lowest BCUT2D eigenvalue weighted by Crippen LogP contribution is -2.36. The number of benzene rings is 3. The Hall–Kier alpha value is -3.27. The molecule has 2 atom stereocenters. The second-order valence-electron chi connectivity index (χ2n) is 8.45. The van der Waals surface area contributed by atoms with Crippen LogP contribution >= 0.6 is 0 Å². The summed E-state index contributed by atoms with van der Waals surface area (Å²) in [6, 6.07) is 24.0. The highest BCUT2D eigenvalue weighted by Crippen LogP contribution is 2.40. The third kappa shape index (κ3) is 4.15. The van der Waals surface area contributed by atoms with E-state index in [9.17, 15) is 4.39 Å². The van der Waals surface area contributed by atoms with Crippen LogP contribution in [0, 0.1) is 18.7 Å². The number of nitrogens with zero attached hydrogens (tertiary/aromatic N) is 2. The molecule has 31 heavy (non-hydrogen) atoms. The Morgan fingerprint density at radius 2 is 1.74 bits per heavy atom. The van der Waals surface area contributed by atoms with Gasteiger partial charge in [0.05, 0.1) is 12.3 Å². The van der Waals surface area contributed by atoms with Crippen molar-refractivity contribution in [3.05, 3.63) is 106 Å². The number of hydrogen-bond donors (Lipinski definition) is 1. The number of hydrogen-bond acceptors (Lipinski definition) is 3. The maximum atomic E-state index is 13.4. The summed E-state index contributed by atoms with van der Waals surface area (Å²) < 4.78 is 13.4. The molecule has 0 amide bonds. The van der Waals surface area contributed by atoms with E-state index in [1.165, 1.54) is 22.3 Å². The van der Waals surface area contributed by atoms with Crippen LogP contribution in [0.2, 0.25) is 0 Å². The summed E-state index contributed by atoms with van der Waals surface area (Å²) in [5.74, 6) is 1.06. The molecule has 0 saturated heterocycles. The van der Waals surface area contributed by atoms with Crippen LogP contribution in [0.1, 0.15) is 40.2 Å². The molecule has 3 aromatic carbocycles. The maximum Gasteiger partial charge on any atom is 0.218 e. The van der Waals surface area contributed by atoms with E-state index in [-0.39, 0.29) is 17.7 Å². The monoisotopic (exact) mass is 411 g/mol. The molecule has 3 aromatic rings. The summed E-state index contributed by atoms with van der Waals surface area (Å²) in [5, 5.41) is 3.42. The second kappa shape index (κ2) is 8.46. The summed E-state index contributed by atoms with van der Waals surface area (Å²) >= 11 is 0. The highest BCUT2D eigenvalue weighted by Gasteiger charge is 2.34. The van der Waals surface area contributed by atoms with Crippen LogP contribution in [0.5, 0.6) is 0 Å². The number of nitrogens with one attached hydrogen (secondary N) is 1. The van der Waals surface area contributed by atoms with Gasteiger partial charge in [-0.05, 0) is 48.6 Å². The second-order valence-corrected chi connectivity index (χ2v) is 8.45. The van der Waals surface area contributed by atoms with E-state index >= 15 is 0 Å². The van der Waals surface area contributed by atoms with E-state index in [2.05, 4.69) is 60.8 Å². The Morgan fingerprint density at radius 3 is 2.55 bits per heavy atom. The van der Waals surface area contributed by atoms with Crippen molar-refractivity contribution in [2.75, 3.05) is 13.1 Å². The molecule has 0 saturated carbocycles. The van der Waals surface area contributed by atoms with Crippen LogP contribution in [0.15, 0.2) is 82.8 Å². The first-order valence-corrected chi connectivity index (χ1v) is 10.9. The van der Waals surface area contributed by atoms with Gasteiger partial charge in [0.25, 0.3) is 0 Å². The summed E-state index contributed by atoms with van der Waals surface area (Å²) in [6.07, 6.45) is 1.89. The first-order chi connectivity index (χ1) is 15.2. The molecule has 1 aliphatic heterocycles. The largest absolute Gasteiger partial charge is 0.354 e. The molecule has 0 fully saturated rings. The van der Waals surface area contributed by atoms with Crippen LogP contribution in [-0.2, 0) is 6.42 Å². The maximum absolute atomic E-state index is 13.4. The Morgan fingerprint density at radius 1 is 0.968 bits per heavy atom. The van der Waals surface area contributed by atoms with Crippen molar-refractivity contribution in [3.63, 3.8) is 0 Å². The smallest absolute Gasteiger partial charge is 0.218 e. The van der Waals surface area contributed by atoms with E-state index < -0.39 is 0 Å². The molecule has 3 nitrogen and oxygen atoms in total. The highest BCUT2D eigenvalue weighted by atomic mass is 19.1. The van der Waals surface area contributed by atoms with Crippen LogP contribution in [0.25, 0.3) is 0 Å². The molecular formula is C27H26FN3. The molecule has 5 rings (SSSR count). The van der Waals surface area contributed by atoms with Crippen molar-refractivity contribution in [3.8, 4) is 0 Å². The van der Waals surface area contributed by atoms with E-state index in [4.69, 9.17) is 9.98 Å². The zero-order valence-corrected chi connectivity index (χ0v) is 17.7. The SMILES string of the molecule is Cc1ccc(CCNC2=NCC3CC(c4ccc(F)cc4)c4ccccc4C3=N2)cc1. The molecule has 1 heterocycles. The molecule has 0 aromatic heterocycles. The van der Waals surface area contributed by atoms with Gasteiger partial charge in [-0.15, -0.1) is 0 Å². The number of aryl methyl sites for hydroxylation is 1. The first kappa shape index (κ1) is 19.7. The fourth-order valence-corrected chi connectivity index (χ4v) is 4.62. The Kier molecular flexibility index (Phi) is 5.37. The van der Waals surface area contributed by atoms with Crippen molar-refractivity contribution in [2.24, 2.45) is 15.9 Å². The number of guanidine groups is 1. The first-order valence-electron chi connectivity index (χ1n) is 10.9. The van der Waals surface area contributed by atoms with Crippen molar-refractivity contribution in [2.45, 2.75) is 25.7 Å². The minimum Gasteiger partial charge on any atom is -0.354 e. The van der Waals surface area contributed by atoms with Crippen molar-refractivity contribution in [1.82, 2.24) is 5.32 Å². The predicted octanol–water partition coefficient (Wildman–Crippen LogP) is 5.28. The molecule has 0 bridgehead atoms. The van der Waals surface area contributed by atoms with Gasteiger partial charge >= 0.3 is 0 Å². The van der Waals surface area contributed by atoms with Crippen molar-refractivity contribution < 1.29 is 4.39 Å². The Bertz CT molecular complexity index is 1130. The van der Waals surface area contributed by atoms with Crippen LogP contribution in [0.4, 0.5) is 4.39 Å². The van der Waals surface area contributed by atoms with Gasteiger partial charge in [0.1, 0.15) is 5.82 Å². The van der Waals surface area contributed by atoms with E-state index in [1.54, 1.807) is 12.1 Å². The molecule has 0 radical (unpaired) electrons. The van der Waals surface area contributed by atoms with Gasteiger partial charge in [-0.3, -0.25) is 4.99 Å². The Balaban J connectivity index is 1.35. The quantitative estimate of drug-likeness (QED) is 0.623. The van der Waals surface area contributed by atoms with Crippen LogP contribution in [0.3, 0.4) is 0 Å². The lowest BCUT2D eigenvalue weighted by atomic mass is 9.72. The zero-order valence-electron chi connectivity index (χ0n) is 17.7. The molecular weight excluding hydrogens is 385 g/mol. The summed E-state index contributed by atoms with van der Waals surface area (Å²) in [5.41, 5.74) is 7.33. The van der Waals surface area contributed by atoms with E-state index in [0.717, 1.165) is 43.2 Å². The van der Waals surface area contributed by atoms with Crippen molar-refractivity contribution in [1.29, 1.82) is 0 Å². The zero-order chi connectivity index (χ0) is 21.2. The van der Waals surface area contributed by atoms with Gasteiger partial charge in [-0.2, -0.15) is 0 Å². The van der Waals surface area contributed by atoms with Gasteiger partial charge in [0, 0.05) is 23.9 Å². The molecule has 1 aliphatic carbocycles. The number of rotatable bonds is 4. The summed E-state index contributed by atoms with van der Waals surface area (Å²) in [6.45, 7) is 3.65. The third-order valence-corrected chi connectivity index (χ3v) is 6.30. The standard InChI is InChI=1S/C27H26FN3/c1-18-6-8-19(9-7-18)14-15-29-27-30-17-21-16-25(20-10-12-22(28)13-11-20)23-4-2-3-5-24(23)26(21)31-27/h2-13,21,25H,14-17H2,1H3,(H,29,30). The lowest BCUT2D eigenvalue weighted by molar-refractivity contribution is 0.559. The van der Waals surface area contributed by atoms with Gasteiger partial charge in [0.15, 0.2) is 0 Å². The lowest BCUT2D eigenvalue weighted by Gasteiger charge is -2.34. The molecule has 2 unspecified atom stereocenters. The minimum absolute atomic E-state index is 0.196. The third-order valence-electron chi connectivity index (χ3n) is 6.30. The molecule has 1 N–H and O–H groups in total. The average Bonchev–Trinajstić information content (AvgIpc) is 2.80. The Labute approximate surface area is 182 Å². The van der Waals surface area contributed by atoms with Gasteiger partial charge in [0.2, 0.25) is 5.96 Å². The topological polar surface area (TPSA) is 36.8 Å². The molecule has 2 aliphatic rings. The molecule has 4 heteroatoms. The number of aliphatic imine (C=N–C) groups is 2. The highest BCUT2D eigenvalue weighted by molar-refractivity contribution is 6.11. The fourth-order valence-electron chi connectivity index (χ4n) is 4.62. The van der Waals surface area contributed by atoms with Crippen LogP contribution in [-0.4, -0.2) is 24.8 Å². The average molecular weight is 412 g/mol. The van der Waals surface area contributed by atoms with Gasteiger partial charge < -0.3 is 5.32 Å². The van der Waals surface area contributed by atoms with Crippen molar-refractivity contribution >= 4 is 11.7 Å². The summed E-state index contributed by atoms with van der Waals surface area (Å²) in [4.78, 5) is 9.66. The predicted molar refractivity (Wildman–Crippen MR) is 125 cm³/mol.